The fourth-order valence-electron chi connectivity index (χ4n) is 1.85. The van der Waals surface area contributed by atoms with Gasteiger partial charge in [-0.15, -0.1) is 0 Å². The Morgan fingerprint density at radius 3 is 2.83 bits per heavy atom. The number of hydrogen-bond acceptors (Lipinski definition) is 2. The molecule has 1 heterocycles. The molecule has 2 aromatic rings. The lowest BCUT2D eigenvalue weighted by molar-refractivity contribution is 0.340. The first-order valence-electron chi connectivity index (χ1n) is 6.08. The predicted molar refractivity (Wildman–Crippen MR) is 75.9 cm³/mol. The van der Waals surface area contributed by atoms with Crippen LogP contribution in [0.1, 0.15) is 18.2 Å². The van der Waals surface area contributed by atoms with Crippen LogP contribution in [0.25, 0.3) is 0 Å². The molecule has 0 aliphatic heterocycles. The minimum atomic E-state index is 0.704. The molecule has 0 aliphatic carbocycles. The molecule has 0 spiro atoms. The molecular weight excluding hydrogens is 292 g/mol. The summed E-state index contributed by atoms with van der Waals surface area (Å²) in [5, 5.41) is 0. The Kier molecular flexibility index (Phi) is 4.42. The monoisotopic (exact) mass is 308 g/mol. The number of benzene rings is 1. The lowest BCUT2D eigenvalue weighted by Gasteiger charge is -2.05. The fraction of sp³-hybridized carbons (Fsp3) is 0.357. The van der Waals surface area contributed by atoms with Crippen molar-refractivity contribution in [1.29, 1.82) is 0 Å². The maximum atomic E-state index is 5.50. The molecule has 1 aromatic heterocycles. The number of halogens is 1. The van der Waals surface area contributed by atoms with Crippen molar-refractivity contribution >= 4 is 15.9 Å². The molecule has 0 saturated heterocycles. The minimum Gasteiger partial charge on any atom is -0.494 e. The Hall–Kier alpha value is -1.29. The Morgan fingerprint density at radius 1 is 1.33 bits per heavy atom. The molecule has 3 nitrogen and oxygen atoms in total. The molecule has 0 aliphatic rings. The van der Waals surface area contributed by atoms with Gasteiger partial charge in [-0.3, -0.25) is 0 Å². The number of imidazole rings is 1. The first-order valence-corrected chi connectivity index (χ1v) is 6.87. The van der Waals surface area contributed by atoms with Crippen LogP contribution in [0.2, 0.25) is 0 Å². The number of ether oxygens (including phenoxy) is 1. The molecule has 1 aromatic carbocycles. The number of hydrogen-bond donors (Lipinski definition) is 0. The third kappa shape index (κ3) is 3.13. The summed E-state index contributed by atoms with van der Waals surface area (Å²) in [6, 6.07) is 8.25. The summed E-state index contributed by atoms with van der Waals surface area (Å²) < 4.78 is 8.53. The number of aromatic nitrogens is 2. The van der Waals surface area contributed by atoms with E-state index in [1.165, 1.54) is 5.56 Å². The normalized spacial score (nSPS) is 10.6. The summed E-state index contributed by atoms with van der Waals surface area (Å²) >= 11 is 3.54. The largest absolute Gasteiger partial charge is 0.494 e. The molecule has 18 heavy (non-hydrogen) atoms. The van der Waals surface area contributed by atoms with Crippen molar-refractivity contribution in [1.82, 2.24) is 9.55 Å². The second-order valence-corrected chi connectivity index (χ2v) is 4.92. The van der Waals surface area contributed by atoms with Gasteiger partial charge in [-0.05, 0) is 53.4 Å². The summed E-state index contributed by atoms with van der Waals surface area (Å²) in [5.74, 6) is 0.940. The molecule has 96 valence electrons. The van der Waals surface area contributed by atoms with Crippen LogP contribution >= 0.6 is 15.9 Å². The van der Waals surface area contributed by atoms with Crippen LogP contribution in [0, 0.1) is 0 Å². The zero-order chi connectivity index (χ0) is 13.0. The highest BCUT2D eigenvalue weighted by Gasteiger charge is 2.06. The fourth-order valence-corrected chi connectivity index (χ4v) is 2.24. The van der Waals surface area contributed by atoms with Crippen molar-refractivity contribution in [3.63, 3.8) is 0 Å². The molecule has 0 bridgehead atoms. The lowest BCUT2D eigenvalue weighted by atomic mass is 10.1. The molecular formula is C14H17BrN2O. The van der Waals surface area contributed by atoms with Gasteiger partial charge in [-0.25, -0.2) is 4.98 Å². The maximum Gasteiger partial charge on any atom is 0.119 e. The number of nitrogens with zero attached hydrogens (tertiary/aromatic N) is 2. The predicted octanol–water partition coefficient (Wildman–Crippen LogP) is 3.37. The summed E-state index contributed by atoms with van der Waals surface area (Å²) in [5.41, 5.74) is 2.37. The Balaban J connectivity index is 2.01. The minimum absolute atomic E-state index is 0.704. The van der Waals surface area contributed by atoms with Crippen LogP contribution < -0.4 is 4.74 Å². The Morgan fingerprint density at radius 2 is 2.17 bits per heavy atom. The van der Waals surface area contributed by atoms with E-state index in [-0.39, 0.29) is 0 Å². The van der Waals surface area contributed by atoms with Crippen molar-refractivity contribution in [3.8, 4) is 5.75 Å². The Labute approximate surface area is 116 Å². The molecule has 0 fully saturated rings. The number of aryl methyl sites for hydroxylation is 3. The van der Waals surface area contributed by atoms with Crippen LogP contribution in [-0.2, 0) is 19.9 Å². The molecule has 2 rings (SSSR count). The number of rotatable bonds is 5. The van der Waals surface area contributed by atoms with E-state index in [1.807, 2.05) is 37.0 Å². The second kappa shape index (κ2) is 6.05. The van der Waals surface area contributed by atoms with Gasteiger partial charge in [0.05, 0.1) is 18.6 Å². The highest BCUT2D eigenvalue weighted by atomic mass is 79.9. The molecule has 0 unspecified atom stereocenters. The van der Waals surface area contributed by atoms with E-state index in [0.717, 1.165) is 28.9 Å². The van der Waals surface area contributed by atoms with Crippen molar-refractivity contribution in [2.75, 3.05) is 6.61 Å². The maximum absolute atomic E-state index is 5.50. The van der Waals surface area contributed by atoms with E-state index in [0.29, 0.717) is 6.61 Å². The van der Waals surface area contributed by atoms with Crippen molar-refractivity contribution < 1.29 is 4.74 Å². The van der Waals surface area contributed by atoms with Crippen LogP contribution in [0.5, 0.6) is 5.75 Å². The molecule has 0 N–H and O–H groups in total. The summed E-state index contributed by atoms with van der Waals surface area (Å²) in [6.45, 7) is 2.70. The molecule has 0 atom stereocenters. The van der Waals surface area contributed by atoms with E-state index in [1.54, 1.807) is 0 Å². The first-order chi connectivity index (χ1) is 8.70. The first kappa shape index (κ1) is 13.1. The average Bonchev–Trinajstić information content (AvgIpc) is 2.69. The molecule has 0 saturated carbocycles. The zero-order valence-corrected chi connectivity index (χ0v) is 12.3. The van der Waals surface area contributed by atoms with Gasteiger partial charge in [0.15, 0.2) is 0 Å². The van der Waals surface area contributed by atoms with Gasteiger partial charge in [0, 0.05) is 7.05 Å². The highest BCUT2D eigenvalue weighted by Crippen LogP contribution is 2.18. The van der Waals surface area contributed by atoms with Gasteiger partial charge in [0.2, 0.25) is 0 Å². The van der Waals surface area contributed by atoms with Gasteiger partial charge in [-0.2, -0.15) is 0 Å². The lowest BCUT2D eigenvalue weighted by Crippen LogP contribution is -1.96. The van der Waals surface area contributed by atoms with E-state index in [9.17, 15) is 0 Å². The van der Waals surface area contributed by atoms with E-state index >= 15 is 0 Å². The third-order valence-corrected chi connectivity index (χ3v) is 3.81. The van der Waals surface area contributed by atoms with Crippen LogP contribution in [0.3, 0.4) is 0 Å². The SMILES string of the molecule is CCOc1cccc(CCc2ncn(C)c2Br)c1. The van der Waals surface area contributed by atoms with Gasteiger partial charge in [0.1, 0.15) is 10.4 Å². The molecule has 4 heteroatoms. The van der Waals surface area contributed by atoms with Gasteiger partial charge < -0.3 is 9.30 Å². The quantitative estimate of drug-likeness (QED) is 0.847. The third-order valence-electron chi connectivity index (χ3n) is 2.79. The summed E-state index contributed by atoms with van der Waals surface area (Å²) in [7, 11) is 1.98. The van der Waals surface area contributed by atoms with Gasteiger partial charge >= 0.3 is 0 Å². The van der Waals surface area contributed by atoms with Crippen molar-refractivity contribution in [2.45, 2.75) is 19.8 Å². The van der Waals surface area contributed by atoms with E-state index < -0.39 is 0 Å². The summed E-state index contributed by atoms with van der Waals surface area (Å²) in [6.07, 6.45) is 3.73. The van der Waals surface area contributed by atoms with Gasteiger partial charge in [0.25, 0.3) is 0 Å². The van der Waals surface area contributed by atoms with Gasteiger partial charge in [-0.1, -0.05) is 12.1 Å². The smallest absolute Gasteiger partial charge is 0.119 e. The average molecular weight is 309 g/mol. The standard InChI is InChI=1S/C14H17BrN2O/c1-3-18-12-6-4-5-11(9-12)7-8-13-14(15)17(2)10-16-13/h4-6,9-10H,3,7-8H2,1-2H3. The zero-order valence-electron chi connectivity index (χ0n) is 10.7. The molecule has 0 amide bonds. The second-order valence-electron chi connectivity index (χ2n) is 4.17. The Bertz CT molecular complexity index is 522. The molecule has 0 radical (unpaired) electrons. The highest BCUT2D eigenvalue weighted by molar-refractivity contribution is 9.10. The van der Waals surface area contributed by atoms with E-state index in [2.05, 4.69) is 33.0 Å². The van der Waals surface area contributed by atoms with E-state index in [4.69, 9.17) is 4.74 Å². The van der Waals surface area contributed by atoms with Crippen molar-refractivity contribution in [2.24, 2.45) is 7.05 Å². The summed E-state index contributed by atoms with van der Waals surface area (Å²) in [4.78, 5) is 4.37. The van der Waals surface area contributed by atoms with Crippen molar-refractivity contribution in [3.05, 3.63) is 46.5 Å². The topological polar surface area (TPSA) is 27.1 Å². The van der Waals surface area contributed by atoms with Crippen LogP contribution in [0.4, 0.5) is 0 Å². The van der Waals surface area contributed by atoms with Crippen LogP contribution in [0.15, 0.2) is 35.2 Å². The van der Waals surface area contributed by atoms with Crippen LogP contribution in [-0.4, -0.2) is 16.2 Å².